The molecule has 0 bridgehead atoms. The molecule has 0 saturated carbocycles. The number of aromatic nitrogens is 1. The molecule has 0 aliphatic rings. The first-order valence-corrected chi connectivity index (χ1v) is 6.16. The van der Waals surface area contributed by atoms with E-state index in [0.717, 1.165) is 11.3 Å². The second-order valence-electron chi connectivity index (χ2n) is 4.55. The molecule has 0 aliphatic heterocycles. The van der Waals surface area contributed by atoms with Gasteiger partial charge in [-0.3, -0.25) is 4.79 Å². The fraction of sp³-hybridized carbons (Fsp3) is 0.200. The molecule has 0 aliphatic carbocycles. The van der Waals surface area contributed by atoms with Crippen molar-refractivity contribution in [1.29, 1.82) is 0 Å². The molecule has 3 N–H and O–H groups in total. The fourth-order valence-corrected chi connectivity index (χ4v) is 1.83. The van der Waals surface area contributed by atoms with Gasteiger partial charge in [-0.1, -0.05) is 18.2 Å². The van der Waals surface area contributed by atoms with Gasteiger partial charge in [-0.15, -0.1) is 0 Å². The maximum Gasteiger partial charge on any atom is 0.232 e. The summed E-state index contributed by atoms with van der Waals surface area (Å²) in [6, 6.07) is 12.9. The van der Waals surface area contributed by atoms with Gasteiger partial charge in [0.05, 0.1) is 5.92 Å². The number of nitrogens with one attached hydrogen (secondary N) is 1. The van der Waals surface area contributed by atoms with Crippen molar-refractivity contribution in [2.24, 2.45) is 0 Å². The monoisotopic (exact) mass is 255 g/mol. The van der Waals surface area contributed by atoms with Crippen molar-refractivity contribution >= 4 is 17.4 Å². The molecule has 98 valence electrons. The Morgan fingerprint density at radius 3 is 2.68 bits per heavy atom. The smallest absolute Gasteiger partial charge is 0.232 e. The van der Waals surface area contributed by atoms with Crippen LogP contribution in [0.25, 0.3) is 0 Å². The van der Waals surface area contributed by atoms with Gasteiger partial charge in [-0.25, -0.2) is 4.98 Å². The van der Waals surface area contributed by atoms with Gasteiger partial charge in [0, 0.05) is 11.4 Å². The molecule has 1 aromatic carbocycles. The van der Waals surface area contributed by atoms with Crippen molar-refractivity contribution in [1.82, 2.24) is 4.98 Å². The number of aryl methyl sites for hydroxylation is 1. The Morgan fingerprint density at radius 1 is 1.26 bits per heavy atom. The third-order valence-corrected chi connectivity index (χ3v) is 2.94. The number of anilines is 2. The number of benzene rings is 1. The van der Waals surface area contributed by atoms with Gasteiger partial charge in [0.1, 0.15) is 5.82 Å². The molecular formula is C15H17N3O. The predicted molar refractivity (Wildman–Crippen MR) is 76.9 cm³/mol. The minimum atomic E-state index is -0.272. The van der Waals surface area contributed by atoms with Crippen LogP contribution in [-0.4, -0.2) is 10.9 Å². The molecule has 0 radical (unpaired) electrons. The van der Waals surface area contributed by atoms with Crippen molar-refractivity contribution < 1.29 is 4.79 Å². The van der Waals surface area contributed by atoms with E-state index in [1.807, 2.05) is 44.2 Å². The molecule has 1 amide bonds. The molecule has 0 spiro atoms. The number of nitrogen functional groups attached to an aromatic ring is 1. The number of nitrogens with two attached hydrogens (primary N) is 1. The van der Waals surface area contributed by atoms with E-state index in [1.165, 1.54) is 0 Å². The van der Waals surface area contributed by atoms with Crippen LogP contribution in [0.4, 0.5) is 11.5 Å². The summed E-state index contributed by atoms with van der Waals surface area (Å²) in [5.41, 5.74) is 8.15. The zero-order valence-corrected chi connectivity index (χ0v) is 11.1. The van der Waals surface area contributed by atoms with Gasteiger partial charge >= 0.3 is 0 Å². The van der Waals surface area contributed by atoms with E-state index in [1.54, 1.807) is 12.1 Å². The normalized spacial score (nSPS) is 11.9. The van der Waals surface area contributed by atoms with Crippen LogP contribution in [0.2, 0.25) is 0 Å². The van der Waals surface area contributed by atoms with Gasteiger partial charge in [-0.2, -0.15) is 0 Å². The average Bonchev–Trinajstić information content (AvgIpc) is 2.38. The Bertz CT molecular complexity index is 595. The van der Waals surface area contributed by atoms with Crippen molar-refractivity contribution in [2.75, 3.05) is 11.1 Å². The van der Waals surface area contributed by atoms with Gasteiger partial charge in [0.2, 0.25) is 5.91 Å². The summed E-state index contributed by atoms with van der Waals surface area (Å²) in [6.07, 6.45) is 0. The van der Waals surface area contributed by atoms with E-state index in [2.05, 4.69) is 10.3 Å². The van der Waals surface area contributed by atoms with Gasteiger partial charge in [-0.05, 0) is 43.7 Å². The minimum Gasteiger partial charge on any atom is -0.399 e. The first-order valence-electron chi connectivity index (χ1n) is 6.16. The van der Waals surface area contributed by atoms with Crippen LogP contribution in [-0.2, 0) is 4.79 Å². The van der Waals surface area contributed by atoms with Crippen molar-refractivity contribution in [3.05, 3.63) is 53.7 Å². The number of carbonyl (C=O) groups is 1. The predicted octanol–water partition coefficient (Wildman–Crippen LogP) is 2.71. The van der Waals surface area contributed by atoms with Gasteiger partial charge < -0.3 is 11.1 Å². The lowest BCUT2D eigenvalue weighted by molar-refractivity contribution is -0.117. The lowest BCUT2D eigenvalue weighted by atomic mass is 10.00. The first kappa shape index (κ1) is 13.1. The second kappa shape index (κ2) is 5.52. The highest BCUT2D eigenvalue weighted by Crippen LogP contribution is 2.19. The summed E-state index contributed by atoms with van der Waals surface area (Å²) < 4.78 is 0. The van der Waals surface area contributed by atoms with Crippen LogP contribution >= 0.6 is 0 Å². The molecule has 1 unspecified atom stereocenters. The SMILES string of the molecule is Cc1cccc(NC(=O)C(C)c2cccc(N)c2)n1. The molecule has 4 nitrogen and oxygen atoms in total. The number of hydrogen-bond donors (Lipinski definition) is 2. The molecule has 0 fully saturated rings. The van der Waals surface area contributed by atoms with E-state index in [-0.39, 0.29) is 11.8 Å². The zero-order valence-electron chi connectivity index (χ0n) is 11.1. The number of pyridine rings is 1. The Balaban J connectivity index is 2.12. The van der Waals surface area contributed by atoms with Crippen LogP contribution in [0, 0.1) is 6.92 Å². The van der Waals surface area contributed by atoms with Crippen LogP contribution in [0.15, 0.2) is 42.5 Å². The van der Waals surface area contributed by atoms with E-state index in [4.69, 9.17) is 5.73 Å². The summed E-state index contributed by atoms with van der Waals surface area (Å²) in [5.74, 6) is 0.204. The van der Waals surface area contributed by atoms with E-state index >= 15 is 0 Å². The summed E-state index contributed by atoms with van der Waals surface area (Å²) >= 11 is 0. The number of hydrogen-bond acceptors (Lipinski definition) is 3. The van der Waals surface area contributed by atoms with Gasteiger partial charge in [0.25, 0.3) is 0 Å². The topological polar surface area (TPSA) is 68.0 Å². The lowest BCUT2D eigenvalue weighted by Gasteiger charge is -2.12. The third kappa shape index (κ3) is 3.31. The van der Waals surface area contributed by atoms with Crippen LogP contribution in [0.1, 0.15) is 24.1 Å². The molecule has 2 rings (SSSR count). The minimum absolute atomic E-state index is 0.0938. The molecule has 0 saturated heterocycles. The van der Waals surface area contributed by atoms with Crippen molar-refractivity contribution in [3.63, 3.8) is 0 Å². The molecular weight excluding hydrogens is 238 g/mol. The number of amides is 1. The Morgan fingerprint density at radius 2 is 2.00 bits per heavy atom. The quantitative estimate of drug-likeness (QED) is 0.829. The first-order chi connectivity index (χ1) is 9.06. The maximum absolute atomic E-state index is 12.1. The number of rotatable bonds is 3. The molecule has 1 heterocycles. The molecule has 1 atom stereocenters. The van der Waals surface area contributed by atoms with Crippen LogP contribution in [0.5, 0.6) is 0 Å². The fourth-order valence-electron chi connectivity index (χ4n) is 1.83. The highest BCUT2D eigenvalue weighted by Gasteiger charge is 2.15. The maximum atomic E-state index is 12.1. The van der Waals surface area contributed by atoms with E-state index in [9.17, 15) is 4.79 Å². The van der Waals surface area contributed by atoms with Crippen LogP contribution in [0.3, 0.4) is 0 Å². The average molecular weight is 255 g/mol. The third-order valence-electron chi connectivity index (χ3n) is 2.94. The molecule has 19 heavy (non-hydrogen) atoms. The van der Waals surface area contributed by atoms with Gasteiger partial charge in [0.15, 0.2) is 0 Å². The molecule has 4 heteroatoms. The van der Waals surface area contributed by atoms with E-state index < -0.39 is 0 Å². The second-order valence-corrected chi connectivity index (χ2v) is 4.55. The van der Waals surface area contributed by atoms with Crippen molar-refractivity contribution in [2.45, 2.75) is 19.8 Å². The zero-order chi connectivity index (χ0) is 13.8. The summed E-state index contributed by atoms with van der Waals surface area (Å²) in [4.78, 5) is 16.4. The summed E-state index contributed by atoms with van der Waals surface area (Å²) in [6.45, 7) is 3.73. The highest BCUT2D eigenvalue weighted by atomic mass is 16.1. The molecule has 2 aromatic rings. The standard InChI is InChI=1S/C15H17N3O/c1-10-5-3-8-14(17-10)18-15(19)11(2)12-6-4-7-13(16)9-12/h3-9,11H,16H2,1-2H3,(H,17,18,19). The largest absolute Gasteiger partial charge is 0.399 e. The van der Waals surface area contributed by atoms with E-state index in [0.29, 0.717) is 11.5 Å². The Hall–Kier alpha value is -2.36. The van der Waals surface area contributed by atoms with Crippen LogP contribution < -0.4 is 11.1 Å². The Labute approximate surface area is 112 Å². The summed E-state index contributed by atoms with van der Waals surface area (Å²) in [7, 11) is 0. The summed E-state index contributed by atoms with van der Waals surface area (Å²) in [5, 5.41) is 2.81. The molecule has 1 aromatic heterocycles. The van der Waals surface area contributed by atoms with Crippen molar-refractivity contribution in [3.8, 4) is 0 Å². The highest BCUT2D eigenvalue weighted by molar-refractivity contribution is 5.94. The lowest BCUT2D eigenvalue weighted by Crippen LogP contribution is -2.19. The number of nitrogens with zero attached hydrogens (tertiary/aromatic N) is 1. The Kier molecular flexibility index (Phi) is 3.80. The number of carbonyl (C=O) groups excluding carboxylic acids is 1.